The minimum absolute atomic E-state index is 0.164. The molecule has 96 valence electrons. The van der Waals surface area contributed by atoms with Crippen molar-refractivity contribution in [1.82, 2.24) is 4.90 Å². The van der Waals surface area contributed by atoms with Crippen LogP contribution in [0.15, 0.2) is 0 Å². The summed E-state index contributed by atoms with van der Waals surface area (Å²) >= 11 is 0. The predicted molar refractivity (Wildman–Crippen MR) is 67.7 cm³/mol. The summed E-state index contributed by atoms with van der Waals surface area (Å²) in [6.07, 6.45) is 2.96. The van der Waals surface area contributed by atoms with Crippen LogP contribution in [0.25, 0.3) is 0 Å². The molecule has 0 amide bonds. The SMILES string of the molecule is CCOCCN(CC)CC(C=O)(CC)CC. The monoisotopic (exact) mass is 229 g/mol. The van der Waals surface area contributed by atoms with Crippen LogP contribution in [0.2, 0.25) is 0 Å². The third-order valence-electron chi connectivity index (χ3n) is 3.40. The molecule has 0 unspecified atom stereocenters. The van der Waals surface area contributed by atoms with Crippen LogP contribution in [0.1, 0.15) is 40.5 Å². The number of rotatable bonds is 10. The second kappa shape index (κ2) is 8.71. The maximum Gasteiger partial charge on any atom is 0.127 e. The molecule has 3 heteroatoms. The summed E-state index contributed by atoms with van der Waals surface area (Å²) in [5, 5.41) is 0. The second-order valence-electron chi connectivity index (χ2n) is 4.25. The third-order valence-corrected chi connectivity index (χ3v) is 3.40. The molecule has 0 rings (SSSR count). The number of hydrogen-bond donors (Lipinski definition) is 0. The molecule has 0 aromatic carbocycles. The minimum atomic E-state index is -0.164. The lowest BCUT2D eigenvalue weighted by Gasteiger charge is -2.32. The van der Waals surface area contributed by atoms with Crippen LogP contribution in [0.5, 0.6) is 0 Å². The van der Waals surface area contributed by atoms with Crippen molar-refractivity contribution in [3.8, 4) is 0 Å². The largest absolute Gasteiger partial charge is 0.380 e. The van der Waals surface area contributed by atoms with Crippen LogP contribution in [0.4, 0.5) is 0 Å². The van der Waals surface area contributed by atoms with Gasteiger partial charge in [0.15, 0.2) is 0 Å². The van der Waals surface area contributed by atoms with Crippen LogP contribution in [0, 0.1) is 5.41 Å². The second-order valence-corrected chi connectivity index (χ2v) is 4.25. The summed E-state index contributed by atoms with van der Waals surface area (Å²) in [7, 11) is 0. The zero-order chi connectivity index (χ0) is 12.4. The summed E-state index contributed by atoms with van der Waals surface area (Å²) < 4.78 is 5.35. The lowest BCUT2D eigenvalue weighted by molar-refractivity contribution is -0.117. The van der Waals surface area contributed by atoms with Gasteiger partial charge >= 0.3 is 0 Å². The quantitative estimate of drug-likeness (QED) is 0.425. The lowest BCUT2D eigenvalue weighted by Crippen LogP contribution is -2.39. The molecule has 0 aliphatic carbocycles. The molecule has 0 aliphatic heterocycles. The van der Waals surface area contributed by atoms with Gasteiger partial charge in [0.2, 0.25) is 0 Å². The highest BCUT2D eigenvalue weighted by atomic mass is 16.5. The Hall–Kier alpha value is -0.410. The first kappa shape index (κ1) is 15.6. The number of ether oxygens (including phenoxy) is 1. The number of likely N-dealkylation sites (N-methyl/N-ethyl adjacent to an activating group) is 1. The Kier molecular flexibility index (Phi) is 8.49. The molecule has 0 aliphatic rings. The molecule has 0 aromatic heterocycles. The molecule has 0 bridgehead atoms. The van der Waals surface area contributed by atoms with E-state index in [-0.39, 0.29) is 5.41 Å². The molecule has 0 spiro atoms. The first-order valence-electron chi connectivity index (χ1n) is 6.44. The van der Waals surface area contributed by atoms with Gasteiger partial charge in [-0.15, -0.1) is 0 Å². The van der Waals surface area contributed by atoms with Gasteiger partial charge in [-0.2, -0.15) is 0 Å². The van der Waals surface area contributed by atoms with Crippen molar-refractivity contribution >= 4 is 6.29 Å². The molecule has 0 radical (unpaired) electrons. The Morgan fingerprint density at radius 2 is 1.81 bits per heavy atom. The molecule has 0 saturated heterocycles. The maximum atomic E-state index is 11.2. The number of carbonyl (C=O) groups excluding carboxylic acids is 1. The van der Waals surface area contributed by atoms with Crippen LogP contribution in [0.3, 0.4) is 0 Å². The van der Waals surface area contributed by atoms with Crippen molar-refractivity contribution in [2.45, 2.75) is 40.5 Å². The number of aldehydes is 1. The van der Waals surface area contributed by atoms with Crippen LogP contribution in [-0.2, 0) is 9.53 Å². The molecule has 0 heterocycles. The summed E-state index contributed by atoms with van der Waals surface area (Å²) in [5.74, 6) is 0. The number of carbonyl (C=O) groups is 1. The average molecular weight is 229 g/mol. The fourth-order valence-corrected chi connectivity index (χ4v) is 1.81. The molecule has 0 saturated carbocycles. The fraction of sp³-hybridized carbons (Fsp3) is 0.923. The van der Waals surface area contributed by atoms with E-state index in [9.17, 15) is 4.79 Å². The lowest BCUT2D eigenvalue weighted by atomic mass is 9.83. The van der Waals surface area contributed by atoms with E-state index in [1.807, 2.05) is 6.92 Å². The fourth-order valence-electron chi connectivity index (χ4n) is 1.81. The topological polar surface area (TPSA) is 29.5 Å². The zero-order valence-corrected chi connectivity index (χ0v) is 11.3. The first-order valence-corrected chi connectivity index (χ1v) is 6.44. The highest BCUT2D eigenvalue weighted by Crippen LogP contribution is 2.24. The minimum Gasteiger partial charge on any atom is -0.380 e. The van der Waals surface area contributed by atoms with Gasteiger partial charge in [0.1, 0.15) is 6.29 Å². The highest BCUT2D eigenvalue weighted by molar-refractivity contribution is 5.59. The summed E-state index contributed by atoms with van der Waals surface area (Å²) in [6, 6.07) is 0. The number of hydrogen-bond acceptors (Lipinski definition) is 3. The first-order chi connectivity index (χ1) is 7.67. The highest BCUT2D eigenvalue weighted by Gasteiger charge is 2.27. The van der Waals surface area contributed by atoms with E-state index in [4.69, 9.17) is 4.74 Å². The van der Waals surface area contributed by atoms with Gasteiger partial charge in [-0.25, -0.2) is 0 Å². The standard InChI is InChI=1S/C13H27NO2/c1-5-13(6-2,12-15)11-14(7-3)9-10-16-8-4/h12H,5-11H2,1-4H3. The van der Waals surface area contributed by atoms with Gasteiger partial charge in [-0.3, -0.25) is 0 Å². The molecular formula is C13H27NO2. The molecule has 0 fully saturated rings. The van der Waals surface area contributed by atoms with Gasteiger partial charge in [-0.1, -0.05) is 20.8 Å². The molecule has 0 N–H and O–H groups in total. The van der Waals surface area contributed by atoms with Gasteiger partial charge < -0.3 is 14.4 Å². The Bertz CT molecular complexity index is 179. The summed E-state index contributed by atoms with van der Waals surface area (Å²) in [4.78, 5) is 13.5. The van der Waals surface area contributed by atoms with E-state index in [0.717, 1.165) is 52.0 Å². The number of nitrogens with zero attached hydrogens (tertiary/aromatic N) is 1. The summed E-state index contributed by atoms with van der Waals surface area (Å²) in [5.41, 5.74) is -0.164. The van der Waals surface area contributed by atoms with Crippen LogP contribution < -0.4 is 0 Å². The van der Waals surface area contributed by atoms with Gasteiger partial charge in [0.05, 0.1) is 6.61 Å². The molecule has 16 heavy (non-hydrogen) atoms. The third kappa shape index (κ3) is 5.08. The molecular weight excluding hydrogens is 202 g/mol. The van der Waals surface area contributed by atoms with Crippen molar-refractivity contribution in [2.75, 3.05) is 32.8 Å². The summed E-state index contributed by atoms with van der Waals surface area (Å²) in [6.45, 7) is 12.6. The van der Waals surface area contributed by atoms with E-state index in [1.165, 1.54) is 0 Å². The van der Waals surface area contributed by atoms with Crippen molar-refractivity contribution in [3.05, 3.63) is 0 Å². The molecule has 3 nitrogen and oxygen atoms in total. The Balaban J connectivity index is 4.20. The smallest absolute Gasteiger partial charge is 0.127 e. The van der Waals surface area contributed by atoms with E-state index in [0.29, 0.717) is 0 Å². The van der Waals surface area contributed by atoms with E-state index >= 15 is 0 Å². The van der Waals surface area contributed by atoms with E-state index in [2.05, 4.69) is 25.7 Å². The molecule has 0 aromatic rings. The van der Waals surface area contributed by atoms with Gasteiger partial charge in [-0.05, 0) is 26.3 Å². The van der Waals surface area contributed by atoms with Crippen molar-refractivity contribution in [3.63, 3.8) is 0 Å². The van der Waals surface area contributed by atoms with Crippen LogP contribution in [-0.4, -0.2) is 44.0 Å². The van der Waals surface area contributed by atoms with Crippen molar-refractivity contribution in [2.24, 2.45) is 5.41 Å². The van der Waals surface area contributed by atoms with Crippen molar-refractivity contribution < 1.29 is 9.53 Å². The average Bonchev–Trinajstić information content (AvgIpc) is 2.34. The van der Waals surface area contributed by atoms with Crippen molar-refractivity contribution in [1.29, 1.82) is 0 Å². The normalized spacial score (nSPS) is 12.1. The Labute approximate surface area is 100 Å². The Morgan fingerprint density at radius 3 is 2.19 bits per heavy atom. The van der Waals surface area contributed by atoms with Gasteiger partial charge in [0.25, 0.3) is 0 Å². The van der Waals surface area contributed by atoms with Crippen LogP contribution >= 0.6 is 0 Å². The van der Waals surface area contributed by atoms with E-state index < -0.39 is 0 Å². The predicted octanol–water partition coefficient (Wildman–Crippen LogP) is 2.35. The van der Waals surface area contributed by atoms with E-state index in [1.54, 1.807) is 0 Å². The zero-order valence-electron chi connectivity index (χ0n) is 11.3. The Morgan fingerprint density at radius 1 is 1.19 bits per heavy atom. The maximum absolute atomic E-state index is 11.2. The van der Waals surface area contributed by atoms with Gasteiger partial charge in [0, 0.05) is 25.1 Å². The molecule has 0 atom stereocenters.